The molecular formula is C20H22F2N2O. The second kappa shape index (κ2) is 7.74. The highest BCUT2D eigenvalue weighted by molar-refractivity contribution is 5.78. The number of carbonyl (C=O) groups is 1. The van der Waals surface area contributed by atoms with Crippen molar-refractivity contribution in [2.24, 2.45) is 0 Å². The molecule has 1 fully saturated rings. The minimum Gasteiger partial charge on any atom is -0.340 e. The number of amides is 1. The Morgan fingerprint density at radius 1 is 0.920 bits per heavy atom. The molecule has 132 valence electrons. The first-order valence-corrected chi connectivity index (χ1v) is 8.48. The van der Waals surface area contributed by atoms with Crippen LogP contribution in [-0.2, 0) is 17.9 Å². The van der Waals surface area contributed by atoms with Gasteiger partial charge in [-0.05, 0) is 48.2 Å². The van der Waals surface area contributed by atoms with E-state index in [-0.39, 0.29) is 17.5 Å². The fourth-order valence-corrected chi connectivity index (χ4v) is 2.82. The van der Waals surface area contributed by atoms with Crippen LogP contribution >= 0.6 is 0 Å². The Morgan fingerprint density at radius 3 is 1.88 bits per heavy atom. The second-order valence-corrected chi connectivity index (χ2v) is 6.64. The van der Waals surface area contributed by atoms with Crippen molar-refractivity contribution >= 4 is 5.91 Å². The van der Waals surface area contributed by atoms with Crippen LogP contribution < -0.4 is 0 Å². The van der Waals surface area contributed by atoms with Gasteiger partial charge in [-0.15, -0.1) is 0 Å². The summed E-state index contributed by atoms with van der Waals surface area (Å²) < 4.78 is 26.0. The molecular weight excluding hydrogens is 322 g/mol. The number of hydrogen-bond acceptors (Lipinski definition) is 2. The Morgan fingerprint density at radius 2 is 1.40 bits per heavy atom. The zero-order chi connectivity index (χ0) is 17.8. The molecule has 0 unspecified atom stereocenters. The van der Waals surface area contributed by atoms with Gasteiger partial charge in [-0.2, -0.15) is 0 Å². The predicted molar refractivity (Wildman–Crippen MR) is 92.7 cm³/mol. The molecule has 0 aromatic heterocycles. The zero-order valence-corrected chi connectivity index (χ0v) is 14.3. The van der Waals surface area contributed by atoms with Crippen molar-refractivity contribution in [3.05, 3.63) is 71.3 Å². The molecule has 0 atom stereocenters. The van der Waals surface area contributed by atoms with Crippen molar-refractivity contribution in [3.8, 4) is 0 Å². The molecule has 3 nitrogen and oxygen atoms in total. The van der Waals surface area contributed by atoms with E-state index in [1.165, 1.54) is 24.3 Å². The van der Waals surface area contributed by atoms with Gasteiger partial charge in [0, 0.05) is 26.2 Å². The Labute approximate surface area is 146 Å². The summed E-state index contributed by atoms with van der Waals surface area (Å²) in [6, 6.07) is 13.0. The van der Waals surface area contributed by atoms with Crippen LogP contribution in [0.1, 0.15) is 24.0 Å². The maximum absolute atomic E-state index is 13.0. The van der Waals surface area contributed by atoms with Crippen LogP contribution in [0.2, 0.25) is 0 Å². The van der Waals surface area contributed by atoms with Gasteiger partial charge in [-0.25, -0.2) is 8.78 Å². The fraction of sp³-hybridized carbons (Fsp3) is 0.350. The summed E-state index contributed by atoms with van der Waals surface area (Å²) in [5.41, 5.74) is 1.90. The third kappa shape index (κ3) is 5.10. The van der Waals surface area contributed by atoms with Crippen LogP contribution in [0.15, 0.2) is 48.5 Å². The first-order chi connectivity index (χ1) is 12.0. The number of likely N-dealkylation sites (N-methyl/N-ethyl adjacent to an activating group) is 1. The number of hydrogen-bond donors (Lipinski definition) is 0. The molecule has 3 rings (SSSR count). The van der Waals surface area contributed by atoms with E-state index < -0.39 is 0 Å². The molecule has 25 heavy (non-hydrogen) atoms. The molecule has 0 radical (unpaired) electrons. The molecule has 1 saturated carbocycles. The topological polar surface area (TPSA) is 23.6 Å². The van der Waals surface area contributed by atoms with Gasteiger partial charge in [0.05, 0.1) is 6.54 Å². The summed E-state index contributed by atoms with van der Waals surface area (Å²) in [5, 5.41) is 0. The number of nitrogens with zero attached hydrogens (tertiary/aromatic N) is 2. The third-order valence-electron chi connectivity index (χ3n) is 4.46. The monoisotopic (exact) mass is 344 g/mol. The van der Waals surface area contributed by atoms with Gasteiger partial charge in [-0.1, -0.05) is 24.3 Å². The van der Waals surface area contributed by atoms with E-state index >= 15 is 0 Å². The van der Waals surface area contributed by atoms with Gasteiger partial charge in [-0.3, -0.25) is 9.69 Å². The average molecular weight is 344 g/mol. The molecule has 0 saturated heterocycles. The molecule has 0 bridgehead atoms. The van der Waals surface area contributed by atoms with Crippen molar-refractivity contribution in [1.82, 2.24) is 9.80 Å². The summed E-state index contributed by atoms with van der Waals surface area (Å²) in [5.74, 6) is -0.507. The molecule has 0 aliphatic heterocycles. The van der Waals surface area contributed by atoms with Crippen LogP contribution in [0, 0.1) is 11.6 Å². The molecule has 0 N–H and O–H groups in total. The highest BCUT2D eigenvalue weighted by atomic mass is 19.1. The summed E-state index contributed by atoms with van der Waals surface area (Å²) >= 11 is 0. The summed E-state index contributed by atoms with van der Waals surface area (Å²) in [4.78, 5) is 16.4. The molecule has 2 aromatic carbocycles. The number of carbonyl (C=O) groups excluding carboxylic acids is 1. The number of halogens is 2. The van der Waals surface area contributed by atoms with Crippen LogP contribution in [0.3, 0.4) is 0 Å². The Bertz CT molecular complexity index is 711. The fourth-order valence-electron chi connectivity index (χ4n) is 2.82. The summed E-state index contributed by atoms with van der Waals surface area (Å²) in [7, 11) is 1.76. The SMILES string of the molecule is CN(Cc1ccc(F)cc1)C(=O)CN(Cc1ccc(F)cc1)C1CC1. The van der Waals surface area contributed by atoms with Crippen LogP contribution in [-0.4, -0.2) is 35.3 Å². The van der Waals surface area contributed by atoms with Crippen molar-refractivity contribution in [2.75, 3.05) is 13.6 Å². The lowest BCUT2D eigenvalue weighted by Gasteiger charge is -2.25. The number of benzene rings is 2. The van der Waals surface area contributed by atoms with Crippen molar-refractivity contribution < 1.29 is 13.6 Å². The largest absolute Gasteiger partial charge is 0.340 e. The maximum atomic E-state index is 13.0. The number of rotatable bonds is 7. The molecule has 2 aromatic rings. The molecule has 1 aliphatic rings. The highest BCUT2D eigenvalue weighted by Crippen LogP contribution is 2.28. The van der Waals surface area contributed by atoms with Gasteiger partial charge in [0.25, 0.3) is 0 Å². The van der Waals surface area contributed by atoms with E-state index in [4.69, 9.17) is 0 Å². The van der Waals surface area contributed by atoms with Crippen molar-refractivity contribution in [1.29, 1.82) is 0 Å². The predicted octanol–water partition coefficient (Wildman–Crippen LogP) is 3.59. The van der Waals surface area contributed by atoms with Gasteiger partial charge in [0.2, 0.25) is 5.91 Å². The van der Waals surface area contributed by atoms with Gasteiger partial charge in [0.15, 0.2) is 0 Å². The van der Waals surface area contributed by atoms with E-state index in [1.807, 2.05) is 0 Å². The standard InChI is InChI=1S/C20H22F2N2O/c1-23(12-15-2-6-17(21)7-3-15)20(25)14-24(19-10-11-19)13-16-4-8-18(22)9-5-16/h2-9,19H,10-14H2,1H3. The average Bonchev–Trinajstić information content (AvgIpc) is 3.43. The van der Waals surface area contributed by atoms with Crippen molar-refractivity contribution in [3.63, 3.8) is 0 Å². The lowest BCUT2D eigenvalue weighted by atomic mass is 10.2. The van der Waals surface area contributed by atoms with E-state index in [2.05, 4.69) is 4.90 Å². The second-order valence-electron chi connectivity index (χ2n) is 6.64. The quantitative estimate of drug-likeness (QED) is 0.766. The smallest absolute Gasteiger partial charge is 0.236 e. The summed E-state index contributed by atoms with van der Waals surface area (Å²) in [6.07, 6.45) is 2.19. The van der Waals surface area contributed by atoms with Crippen LogP contribution in [0.5, 0.6) is 0 Å². The molecule has 5 heteroatoms. The van der Waals surface area contributed by atoms with Gasteiger partial charge in [0.1, 0.15) is 11.6 Å². The van der Waals surface area contributed by atoms with Gasteiger partial charge >= 0.3 is 0 Å². The van der Waals surface area contributed by atoms with E-state index in [0.29, 0.717) is 25.7 Å². The minimum atomic E-state index is -0.281. The van der Waals surface area contributed by atoms with Crippen LogP contribution in [0.4, 0.5) is 8.78 Å². The minimum absolute atomic E-state index is 0.0262. The molecule has 1 aliphatic carbocycles. The zero-order valence-electron chi connectivity index (χ0n) is 14.3. The van der Waals surface area contributed by atoms with Gasteiger partial charge < -0.3 is 4.90 Å². The molecule has 1 amide bonds. The Hall–Kier alpha value is -2.27. The Balaban J connectivity index is 1.58. The lowest BCUT2D eigenvalue weighted by Crippen LogP contribution is -2.38. The Kier molecular flexibility index (Phi) is 5.43. The third-order valence-corrected chi connectivity index (χ3v) is 4.46. The highest BCUT2D eigenvalue weighted by Gasteiger charge is 2.30. The summed E-state index contributed by atoms with van der Waals surface area (Å²) in [6.45, 7) is 1.43. The van der Waals surface area contributed by atoms with Crippen molar-refractivity contribution in [2.45, 2.75) is 32.0 Å². The van der Waals surface area contributed by atoms with Crippen LogP contribution in [0.25, 0.3) is 0 Å². The van der Waals surface area contributed by atoms with E-state index in [0.717, 1.165) is 24.0 Å². The molecule has 0 heterocycles. The first kappa shape index (κ1) is 17.5. The first-order valence-electron chi connectivity index (χ1n) is 8.48. The molecule has 0 spiro atoms. The lowest BCUT2D eigenvalue weighted by molar-refractivity contribution is -0.132. The maximum Gasteiger partial charge on any atom is 0.236 e. The van der Waals surface area contributed by atoms with E-state index in [1.54, 1.807) is 36.2 Å². The normalized spacial score (nSPS) is 13.9. The van der Waals surface area contributed by atoms with E-state index in [9.17, 15) is 13.6 Å².